The predicted octanol–water partition coefficient (Wildman–Crippen LogP) is 2.08. The first-order valence-electron chi connectivity index (χ1n) is 5.80. The maximum atomic E-state index is 5.44. The Morgan fingerprint density at radius 2 is 1.19 bits per heavy atom. The fourth-order valence-corrected chi connectivity index (χ4v) is 8.38. The summed E-state index contributed by atoms with van der Waals surface area (Å²) in [6.07, 6.45) is 2.39. The molecule has 16 heavy (non-hydrogen) atoms. The minimum atomic E-state index is -0.435. The third kappa shape index (κ3) is 6.11. The Kier molecular flexibility index (Phi) is 8.75. The summed E-state index contributed by atoms with van der Waals surface area (Å²) in [5, 5.41) is 0. The Labute approximate surface area is 113 Å². The molecule has 0 spiro atoms. The minimum Gasteiger partial charge on any atom is -0.426 e. The summed E-state index contributed by atoms with van der Waals surface area (Å²) in [5.74, 6) is 0. The second-order valence-electron chi connectivity index (χ2n) is 4.64. The molecule has 98 valence electrons. The minimum absolute atomic E-state index is 0.359. The SMILES string of the molecule is CCC(C)([SiH2]OC)SSC(C)(CC)[SiH2]OC. The number of hydrogen-bond donors (Lipinski definition) is 0. The van der Waals surface area contributed by atoms with Crippen LogP contribution in [0.25, 0.3) is 0 Å². The van der Waals surface area contributed by atoms with E-state index in [4.69, 9.17) is 8.85 Å². The molecule has 0 radical (unpaired) electrons. The van der Waals surface area contributed by atoms with Gasteiger partial charge < -0.3 is 8.85 Å². The van der Waals surface area contributed by atoms with Crippen LogP contribution in [0.3, 0.4) is 0 Å². The van der Waals surface area contributed by atoms with Gasteiger partial charge in [-0.25, -0.2) is 0 Å². The van der Waals surface area contributed by atoms with Gasteiger partial charge in [-0.1, -0.05) is 49.3 Å². The zero-order chi connectivity index (χ0) is 12.7. The molecule has 0 rings (SSSR count). The summed E-state index contributed by atoms with van der Waals surface area (Å²) < 4.78 is 11.6. The molecule has 0 saturated carbocycles. The van der Waals surface area contributed by atoms with Crippen molar-refractivity contribution in [1.29, 1.82) is 0 Å². The van der Waals surface area contributed by atoms with Gasteiger partial charge in [0.25, 0.3) is 0 Å². The first-order chi connectivity index (χ1) is 7.45. The highest BCUT2D eigenvalue weighted by Crippen LogP contribution is 2.45. The summed E-state index contributed by atoms with van der Waals surface area (Å²) in [6.45, 7) is 9.20. The monoisotopic (exact) mass is 298 g/mol. The van der Waals surface area contributed by atoms with Gasteiger partial charge in [0.2, 0.25) is 0 Å². The molecular weight excluding hydrogens is 272 g/mol. The van der Waals surface area contributed by atoms with Crippen molar-refractivity contribution in [2.75, 3.05) is 14.2 Å². The molecular formula is C10H26O2S2Si2. The van der Waals surface area contributed by atoms with Gasteiger partial charge in [0.15, 0.2) is 19.5 Å². The lowest BCUT2D eigenvalue weighted by Crippen LogP contribution is -2.32. The summed E-state index contributed by atoms with van der Waals surface area (Å²) in [7, 11) is 6.87. The van der Waals surface area contributed by atoms with Crippen molar-refractivity contribution in [2.45, 2.75) is 49.3 Å². The zero-order valence-electron chi connectivity index (χ0n) is 11.5. The first kappa shape index (κ1) is 17.1. The van der Waals surface area contributed by atoms with Crippen LogP contribution in [0.1, 0.15) is 40.5 Å². The van der Waals surface area contributed by atoms with Gasteiger partial charge in [0.05, 0.1) is 0 Å². The molecule has 6 heteroatoms. The van der Waals surface area contributed by atoms with E-state index in [0.717, 1.165) is 0 Å². The lowest BCUT2D eigenvalue weighted by molar-refractivity contribution is 0.426. The van der Waals surface area contributed by atoms with E-state index in [1.54, 1.807) is 0 Å². The van der Waals surface area contributed by atoms with E-state index in [2.05, 4.69) is 27.7 Å². The zero-order valence-corrected chi connectivity index (χ0v) is 15.9. The molecule has 0 N–H and O–H groups in total. The van der Waals surface area contributed by atoms with Crippen molar-refractivity contribution in [3.8, 4) is 0 Å². The number of hydrogen-bond acceptors (Lipinski definition) is 4. The van der Waals surface area contributed by atoms with Gasteiger partial charge in [0, 0.05) is 23.0 Å². The quantitative estimate of drug-likeness (QED) is 0.479. The van der Waals surface area contributed by atoms with Crippen LogP contribution in [-0.4, -0.2) is 42.5 Å². The van der Waals surface area contributed by atoms with E-state index < -0.39 is 19.5 Å². The molecule has 0 aromatic heterocycles. The fourth-order valence-electron chi connectivity index (χ4n) is 1.18. The second kappa shape index (κ2) is 8.21. The standard InChI is InChI=1S/C10H26O2S2Si2/c1-7-9(3,15-11-5)13-14-10(4,8-2)16-12-6/h7-8,15-16H2,1-6H3. The van der Waals surface area contributed by atoms with E-state index >= 15 is 0 Å². The Morgan fingerprint density at radius 1 is 0.875 bits per heavy atom. The van der Waals surface area contributed by atoms with Crippen LogP contribution in [0.4, 0.5) is 0 Å². The third-order valence-electron chi connectivity index (χ3n) is 2.84. The average Bonchev–Trinajstić information content (AvgIpc) is 2.27. The molecule has 2 atom stereocenters. The van der Waals surface area contributed by atoms with Gasteiger partial charge in [-0.3, -0.25) is 0 Å². The van der Waals surface area contributed by atoms with Crippen molar-refractivity contribution in [3.63, 3.8) is 0 Å². The summed E-state index contributed by atoms with van der Waals surface area (Å²) in [5.41, 5.74) is 0. The van der Waals surface area contributed by atoms with E-state index in [9.17, 15) is 0 Å². The lowest BCUT2D eigenvalue weighted by Gasteiger charge is -2.32. The van der Waals surface area contributed by atoms with Gasteiger partial charge >= 0.3 is 0 Å². The highest BCUT2D eigenvalue weighted by atomic mass is 33.1. The molecule has 0 heterocycles. The Balaban J connectivity index is 4.26. The van der Waals surface area contributed by atoms with Gasteiger partial charge in [0.1, 0.15) is 0 Å². The largest absolute Gasteiger partial charge is 0.426 e. The van der Waals surface area contributed by atoms with Crippen molar-refractivity contribution in [1.82, 2.24) is 0 Å². The van der Waals surface area contributed by atoms with Crippen LogP contribution in [-0.2, 0) is 8.85 Å². The maximum Gasteiger partial charge on any atom is 0.177 e. The molecule has 0 aliphatic rings. The lowest BCUT2D eigenvalue weighted by atomic mass is 10.4. The smallest absolute Gasteiger partial charge is 0.177 e. The first-order valence-corrected chi connectivity index (χ1v) is 10.5. The van der Waals surface area contributed by atoms with Gasteiger partial charge in [-0.2, -0.15) is 0 Å². The summed E-state index contributed by atoms with van der Waals surface area (Å²) in [6, 6.07) is 0. The molecule has 0 saturated heterocycles. The van der Waals surface area contributed by atoms with Gasteiger partial charge in [-0.05, 0) is 12.8 Å². The highest BCUT2D eigenvalue weighted by molar-refractivity contribution is 8.78. The van der Waals surface area contributed by atoms with Crippen LogP contribution in [0, 0.1) is 0 Å². The molecule has 0 amide bonds. The average molecular weight is 299 g/mol. The van der Waals surface area contributed by atoms with E-state index in [0.29, 0.717) is 8.74 Å². The predicted molar refractivity (Wildman–Crippen MR) is 83.7 cm³/mol. The van der Waals surface area contributed by atoms with E-state index in [1.807, 2.05) is 35.8 Å². The Bertz CT molecular complexity index is 178. The van der Waals surface area contributed by atoms with Crippen LogP contribution in [0.5, 0.6) is 0 Å². The maximum absolute atomic E-state index is 5.44. The van der Waals surface area contributed by atoms with Crippen molar-refractivity contribution in [2.24, 2.45) is 0 Å². The fraction of sp³-hybridized carbons (Fsp3) is 1.00. The summed E-state index contributed by atoms with van der Waals surface area (Å²) in [4.78, 5) is 0. The van der Waals surface area contributed by atoms with E-state index in [1.165, 1.54) is 12.8 Å². The molecule has 2 nitrogen and oxygen atoms in total. The molecule has 0 aliphatic heterocycles. The van der Waals surface area contributed by atoms with Crippen LogP contribution < -0.4 is 0 Å². The van der Waals surface area contributed by atoms with Crippen LogP contribution in [0.15, 0.2) is 0 Å². The van der Waals surface area contributed by atoms with Gasteiger partial charge in [-0.15, -0.1) is 0 Å². The normalized spacial score (nSPS) is 20.6. The van der Waals surface area contributed by atoms with E-state index in [-0.39, 0.29) is 0 Å². The van der Waals surface area contributed by atoms with Crippen LogP contribution in [0.2, 0.25) is 0 Å². The molecule has 0 aromatic carbocycles. The number of rotatable bonds is 9. The Hall–Kier alpha value is 1.05. The molecule has 2 unspecified atom stereocenters. The molecule has 0 aliphatic carbocycles. The van der Waals surface area contributed by atoms with Crippen LogP contribution >= 0.6 is 21.6 Å². The molecule has 0 bridgehead atoms. The molecule has 0 fully saturated rings. The third-order valence-corrected chi connectivity index (χ3v) is 12.6. The Morgan fingerprint density at radius 3 is 1.38 bits per heavy atom. The highest BCUT2D eigenvalue weighted by Gasteiger charge is 2.31. The van der Waals surface area contributed by atoms with Crippen molar-refractivity contribution < 1.29 is 8.85 Å². The molecule has 0 aromatic rings. The van der Waals surface area contributed by atoms with Crippen molar-refractivity contribution in [3.05, 3.63) is 0 Å². The van der Waals surface area contributed by atoms with Crippen molar-refractivity contribution >= 4 is 41.1 Å². The topological polar surface area (TPSA) is 18.5 Å². The second-order valence-corrected chi connectivity index (χ2v) is 13.8. The summed E-state index contributed by atoms with van der Waals surface area (Å²) >= 11 is 0.